The SMILES string of the molecule is CNC(=O)N1NC=C(CCCCc2ccc(NC(=O)Cc3cncc(-c4cccc(OC(F)(F)F)c4)c3)nn2)S1. The second-order valence-corrected chi connectivity index (χ2v) is 9.75. The number of allylic oxidation sites excluding steroid dienone is 1. The van der Waals surface area contributed by atoms with E-state index in [0.29, 0.717) is 22.5 Å². The average molecular weight is 574 g/mol. The van der Waals surface area contributed by atoms with Crippen LogP contribution in [-0.2, 0) is 17.6 Å². The summed E-state index contributed by atoms with van der Waals surface area (Å²) in [6.07, 6.45) is 3.37. The third kappa shape index (κ3) is 8.59. The second kappa shape index (κ2) is 13.2. The van der Waals surface area contributed by atoms with Gasteiger partial charge in [-0.15, -0.1) is 18.3 Å². The van der Waals surface area contributed by atoms with Crippen molar-refractivity contribution in [2.24, 2.45) is 0 Å². The fourth-order valence-electron chi connectivity index (χ4n) is 3.77. The molecule has 0 fully saturated rings. The zero-order valence-corrected chi connectivity index (χ0v) is 22.2. The summed E-state index contributed by atoms with van der Waals surface area (Å²) in [4.78, 5) is 29.3. The minimum Gasteiger partial charge on any atom is -0.406 e. The third-order valence-corrected chi connectivity index (χ3v) is 6.61. The number of carbonyl (C=O) groups is 2. The van der Waals surface area contributed by atoms with Gasteiger partial charge < -0.3 is 15.4 Å². The number of hydrazine groups is 1. The molecule has 0 saturated heterocycles. The maximum absolute atomic E-state index is 12.6. The molecule has 3 heterocycles. The molecule has 210 valence electrons. The van der Waals surface area contributed by atoms with Crippen LogP contribution < -0.4 is 20.8 Å². The van der Waals surface area contributed by atoms with Crippen molar-refractivity contribution in [3.63, 3.8) is 0 Å². The topological polar surface area (TPSA) is 121 Å². The van der Waals surface area contributed by atoms with Crippen molar-refractivity contribution in [3.05, 3.63) is 77.2 Å². The summed E-state index contributed by atoms with van der Waals surface area (Å²) >= 11 is 1.36. The van der Waals surface area contributed by atoms with Gasteiger partial charge in [0.05, 0.1) is 12.1 Å². The van der Waals surface area contributed by atoms with Crippen LogP contribution in [0.5, 0.6) is 5.75 Å². The lowest BCUT2D eigenvalue weighted by Gasteiger charge is -2.13. The van der Waals surface area contributed by atoms with Crippen LogP contribution in [0.4, 0.5) is 23.8 Å². The molecule has 0 saturated carbocycles. The molecule has 3 aromatic rings. The summed E-state index contributed by atoms with van der Waals surface area (Å²) < 4.78 is 43.0. The first-order chi connectivity index (χ1) is 19.2. The van der Waals surface area contributed by atoms with Crippen LogP contribution in [0.1, 0.15) is 30.5 Å². The van der Waals surface area contributed by atoms with Gasteiger partial charge in [0.15, 0.2) is 5.82 Å². The molecule has 3 amide bonds. The fourth-order valence-corrected chi connectivity index (χ4v) is 4.63. The van der Waals surface area contributed by atoms with Gasteiger partial charge in [0.1, 0.15) is 5.75 Å². The number of anilines is 1. The van der Waals surface area contributed by atoms with E-state index in [4.69, 9.17) is 0 Å². The van der Waals surface area contributed by atoms with Crippen LogP contribution in [0.3, 0.4) is 0 Å². The number of unbranched alkanes of at least 4 members (excludes halogenated alkanes) is 1. The van der Waals surface area contributed by atoms with Crippen molar-refractivity contribution in [1.82, 2.24) is 30.3 Å². The molecule has 0 aliphatic carbocycles. The van der Waals surface area contributed by atoms with Crippen LogP contribution >= 0.6 is 11.9 Å². The summed E-state index contributed by atoms with van der Waals surface area (Å²) in [5.41, 5.74) is 5.28. The summed E-state index contributed by atoms with van der Waals surface area (Å²) in [5, 5.41) is 13.5. The minimum atomic E-state index is -4.79. The van der Waals surface area contributed by atoms with Crippen LogP contribution in [0.25, 0.3) is 11.1 Å². The molecule has 0 spiro atoms. The van der Waals surface area contributed by atoms with Gasteiger partial charge in [-0.3, -0.25) is 15.2 Å². The number of nitrogens with zero attached hydrogens (tertiary/aromatic N) is 4. The molecule has 1 aliphatic heterocycles. The Balaban J connectivity index is 1.23. The maximum Gasteiger partial charge on any atom is 0.573 e. The normalized spacial score (nSPS) is 12.9. The number of nitrogens with one attached hydrogen (secondary N) is 3. The Morgan fingerprint density at radius 2 is 1.88 bits per heavy atom. The number of aryl methyl sites for hydroxylation is 1. The third-order valence-electron chi connectivity index (χ3n) is 5.60. The number of benzene rings is 1. The molecule has 10 nitrogen and oxygen atoms in total. The molecule has 0 radical (unpaired) electrons. The maximum atomic E-state index is 12.6. The Morgan fingerprint density at radius 1 is 1.05 bits per heavy atom. The van der Waals surface area contributed by atoms with E-state index in [2.05, 4.69) is 36.0 Å². The van der Waals surface area contributed by atoms with Gasteiger partial charge in [-0.2, -0.15) is 9.51 Å². The molecule has 0 atom stereocenters. The van der Waals surface area contributed by atoms with Crippen molar-refractivity contribution in [2.45, 2.75) is 38.5 Å². The summed E-state index contributed by atoms with van der Waals surface area (Å²) in [6.45, 7) is 0. The number of halogens is 3. The molecule has 14 heteroatoms. The number of pyridine rings is 1. The fraction of sp³-hybridized carbons (Fsp3) is 0.269. The van der Waals surface area contributed by atoms with Gasteiger partial charge in [-0.05, 0) is 67.1 Å². The highest BCUT2D eigenvalue weighted by Crippen LogP contribution is 2.29. The summed E-state index contributed by atoms with van der Waals surface area (Å²) in [7, 11) is 1.57. The molecule has 0 unspecified atom stereocenters. The van der Waals surface area contributed by atoms with Gasteiger partial charge in [0, 0.05) is 48.1 Å². The van der Waals surface area contributed by atoms with E-state index >= 15 is 0 Å². The molecule has 4 rings (SSSR count). The number of hydrogen-bond acceptors (Lipinski definition) is 8. The second-order valence-electron chi connectivity index (χ2n) is 8.68. The zero-order chi connectivity index (χ0) is 28.5. The summed E-state index contributed by atoms with van der Waals surface area (Å²) in [5.74, 6) is -0.369. The molecule has 1 aromatic carbocycles. The summed E-state index contributed by atoms with van der Waals surface area (Å²) in [6, 6.07) is 10.5. The Morgan fingerprint density at radius 3 is 2.62 bits per heavy atom. The lowest BCUT2D eigenvalue weighted by atomic mass is 10.0. The highest BCUT2D eigenvalue weighted by Gasteiger charge is 2.31. The number of rotatable bonds is 10. The van der Waals surface area contributed by atoms with E-state index < -0.39 is 6.36 Å². The van der Waals surface area contributed by atoms with Gasteiger partial charge in [0.25, 0.3) is 0 Å². The van der Waals surface area contributed by atoms with E-state index in [9.17, 15) is 22.8 Å². The molecule has 2 aromatic heterocycles. The first kappa shape index (κ1) is 28.7. The lowest BCUT2D eigenvalue weighted by molar-refractivity contribution is -0.274. The van der Waals surface area contributed by atoms with Crippen molar-refractivity contribution in [1.29, 1.82) is 0 Å². The standard InChI is InChI=1S/C26H26F3N7O3S/c1-30-25(38)36-32-16-22(40-36)8-3-2-6-20-9-10-23(35-34-20)33-24(37)12-17-11-19(15-31-14-17)18-5-4-7-21(13-18)39-26(27,28)29/h4-5,7,9-11,13-16,32H,2-3,6,8,12H2,1H3,(H,30,38)(H,33,35,37). The van der Waals surface area contributed by atoms with Crippen LogP contribution in [0.15, 0.2) is 66.0 Å². The van der Waals surface area contributed by atoms with E-state index in [1.54, 1.807) is 31.3 Å². The van der Waals surface area contributed by atoms with Gasteiger partial charge >= 0.3 is 12.4 Å². The van der Waals surface area contributed by atoms with E-state index in [1.165, 1.54) is 47.0 Å². The predicted molar refractivity (Wildman–Crippen MR) is 143 cm³/mol. The monoisotopic (exact) mass is 573 g/mol. The number of hydrogen-bond donors (Lipinski definition) is 3. The smallest absolute Gasteiger partial charge is 0.406 e. The van der Waals surface area contributed by atoms with Gasteiger partial charge in [-0.1, -0.05) is 12.1 Å². The quantitative estimate of drug-likeness (QED) is 0.229. The highest BCUT2D eigenvalue weighted by atomic mass is 32.2. The number of carbonyl (C=O) groups excluding carboxylic acids is 2. The zero-order valence-electron chi connectivity index (χ0n) is 21.4. The van der Waals surface area contributed by atoms with Crippen molar-refractivity contribution in [3.8, 4) is 16.9 Å². The number of ether oxygens (including phenoxy) is 1. The van der Waals surface area contributed by atoms with E-state index in [1.807, 2.05) is 6.20 Å². The Kier molecular flexibility index (Phi) is 9.43. The van der Waals surface area contributed by atoms with E-state index in [0.717, 1.165) is 36.3 Å². The Labute approximate surface area is 232 Å². The molecular weight excluding hydrogens is 547 g/mol. The molecular formula is C26H26F3N7O3S. The van der Waals surface area contributed by atoms with Crippen LogP contribution in [0, 0.1) is 0 Å². The minimum absolute atomic E-state index is 0.0108. The van der Waals surface area contributed by atoms with E-state index in [-0.39, 0.29) is 24.1 Å². The molecule has 3 N–H and O–H groups in total. The highest BCUT2D eigenvalue weighted by molar-refractivity contribution is 8.01. The molecule has 0 bridgehead atoms. The Bertz CT molecular complexity index is 1370. The van der Waals surface area contributed by atoms with Gasteiger partial charge in [0.2, 0.25) is 5.91 Å². The number of aromatic nitrogens is 3. The first-order valence-electron chi connectivity index (χ1n) is 12.3. The predicted octanol–water partition coefficient (Wildman–Crippen LogP) is 4.98. The van der Waals surface area contributed by atoms with Gasteiger partial charge in [-0.25, -0.2) is 4.79 Å². The average Bonchev–Trinajstić information content (AvgIpc) is 3.40. The van der Waals surface area contributed by atoms with Crippen LogP contribution in [-0.4, -0.2) is 44.9 Å². The molecule has 40 heavy (non-hydrogen) atoms. The Hall–Kier alpha value is -4.33. The van der Waals surface area contributed by atoms with Crippen LogP contribution in [0.2, 0.25) is 0 Å². The number of urea groups is 1. The van der Waals surface area contributed by atoms with Crippen molar-refractivity contribution >= 4 is 29.7 Å². The van der Waals surface area contributed by atoms with Crippen molar-refractivity contribution < 1.29 is 27.5 Å². The van der Waals surface area contributed by atoms with Crippen molar-refractivity contribution in [2.75, 3.05) is 12.4 Å². The largest absolute Gasteiger partial charge is 0.573 e. The number of alkyl halides is 3. The lowest BCUT2D eigenvalue weighted by Crippen LogP contribution is -2.37. The first-order valence-corrected chi connectivity index (χ1v) is 13.0. The number of amides is 3. The molecule has 1 aliphatic rings.